The summed E-state index contributed by atoms with van der Waals surface area (Å²) in [6.45, 7) is 0.136. The maximum atomic E-state index is 12.7. The first-order chi connectivity index (χ1) is 12.7. The molecule has 0 spiro atoms. The minimum atomic E-state index is -0.760. The van der Waals surface area contributed by atoms with E-state index in [0.29, 0.717) is 23.3 Å². The Kier molecular flexibility index (Phi) is 3.80. The monoisotopic (exact) mass is 356 g/mol. The predicted molar refractivity (Wildman–Crippen MR) is 93.2 cm³/mol. The van der Waals surface area contributed by atoms with Crippen molar-refractivity contribution in [2.45, 2.75) is 38.2 Å². The fourth-order valence-electron chi connectivity index (χ4n) is 5.79. The number of hydrogen-bond acceptors (Lipinski definition) is 4. The van der Waals surface area contributed by atoms with Crippen LogP contribution in [0.1, 0.15) is 32.1 Å². The summed E-state index contributed by atoms with van der Waals surface area (Å²) in [5, 5.41) is 0. The number of fused-ring (bicyclic) bond motifs is 1. The molecule has 1 aromatic rings. The molecular weight excluding hydrogens is 332 g/mol. The number of hydrogen-bond donors (Lipinski definition) is 2. The van der Waals surface area contributed by atoms with Gasteiger partial charge < -0.3 is 9.47 Å². The first-order valence-corrected chi connectivity index (χ1v) is 9.65. The Morgan fingerprint density at radius 2 is 1.46 bits per heavy atom. The van der Waals surface area contributed by atoms with Gasteiger partial charge in [0, 0.05) is 5.92 Å². The molecule has 2 amide bonds. The maximum Gasteiger partial charge on any atom is 0.283 e. The van der Waals surface area contributed by atoms with Crippen LogP contribution in [0.4, 0.5) is 0 Å². The Morgan fingerprint density at radius 1 is 0.846 bits per heavy atom. The number of ether oxygens (including phenoxy) is 2. The quantitative estimate of drug-likeness (QED) is 0.795. The Bertz CT molecular complexity index is 706. The molecule has 4 fully saturated rings. The van der Waals surface area contributed by atoms with Gasteiger partial charge in [-0.1, -0.05) is 12.1 Å². The summed E-state index contributed by atoms with van der Waals surface area (Å²) < 4.78 is 11.2. The zero-order valence-corrected chi connectivity index (χ0v) is 14.6. The van der Waals surface area contributed by atoms with Crippen LogP contribution in [0.5, 0.6) is 11.5 Å². The molecule has 4 saturated carbocycles. The van der Waals surface area contributed by atoms with Crippen molar-refractivity contribution in [3.05, 3.63) is 24.3 Å². The van der Waals surface area contributed by atoms with E-state index in [-0.39, 0.29) is 24.3 Å². The van der Waals surface area contributed by atoms with E-state index >= 15 is 0 Å². The molecule has 4 bridgehead atoms. The lowest BCUT2D eigenvalue weighted by Gasteiger charge is -2.53. The lowest BCUT2D eigenvalue weighted by atomic mass is 9.52. The van der Waals surface area contributed by atoms with E-state index in [1.807, 2.05) is 12.1 Å². The smallest absolute Gasteiger partial charge is 0.283 e. The molecule has 4 aliphatic carbocycles. The number of nitrogens with one attached hydrogen (secondary N) is 2. The molecule has 6 heteroatoms. The van der Waals surface area contributed by atoms with Crippen LogP contribution in [-0.2, 0) is 9.59 Å². The minimum Gasteiger partial charge on any atom is -0.485 e. The highest BCUT2D eigenvalue weighted by Crippen LogP contribution is 2.56. The van der Waals surface area contributed by atoms with Gasteiger partial charge in [-0.3, -0.25) is 20.4 Å². The third kappa shape index (κ3) is 2.72. The minimum absolute atomic E-state index is 0.0377. The van der Waals surface area contributed by atoms with Gasteiger partial charge in [0.1, 0.15) is 6.61 Å². The normalized spacial score (nSPS) is 36.5. The van der Waals surface area contributed by atoms with Crippen molar-refractivity contribution in [1.29, 1.82) is 0 Å². The second-order valence-corrected chi connectivity index (χ2v) is 8.30. The number of amides is 2. The van der Waals surface area contributed by atoms with Gasteiger partial charge >= 0.3 is 0 Å². The summed E-state index contributed by atoms with van der Waals surface area (Å²) >= 11 is 0. The molecule has 1 aliphatic heterocycles. The van der Waals surface area contributed by atoms with Crippen LogP contribution in [0.25, 0.3) is 0 Å². The van der Waals surface area contributed by atoms with Crippen LogP contribution in [0, 0.1) is 29.6 Å². The van der Waals surface area contributed by atoms with Crippen LogP contribution in [-0.4, -0.2) is 24.5 Å². The van der Waals surface area contributed by atoms with Gasteiger partial charge in [-0.15, -0.1) is 0 Å². The highest BCUT2D eigenvalue weighted by atomic mass is 16.6. The zero-order chi connectivity index (χ0) is 17.7. The topological polar surface area (TPSA) is 76.7 Å². The van der Waals surface area contributed by atoms with Gasteiger partial charge in [0.25, 0.3) is 5.91 Å². The third-order valence-corrected chi connectivity index (χ3v) is 6.64. The molecule has 6 nitrogen and oxygen atoms in total. The van der Waals surface area contributed by atoms with Crippen LogP contribution in [0.15, 0.2) is 24.3 Å². The molecule has 0 aromatic heterocycles. The SMILES string of the molecule is O=C(NNC(=O)C1C2CC3CC(C2)CC1C3)C1COc2ccccc2O1. The van der Waals surface area contributed by atoms with Crippen molar-refractivity contribution < 1.29 is 19.1 Å². The number of carbonyl (C=O) groups is 2. The largest absolute Gasteiger partial charge is 0.485 e. The van der Waals surface area contributed by atoms with E-state index in [1.54, 1.807) is 12.1 Å². The summed E-state index contributed by atoms with van der Waals surface area (Å²) in [6.07, 6.45) is 5.30. The highest BCUT2D eigenvalue weighted by Gasteiger charge is 2.50. The summed E-state index contributed by atoms with van der Waals surface area (Å²) in [6, 6.07) is 7.25. The van der Waals surface area contributed by atoms with Gasteiger partial charge in [-0.2, -0.15) is 0 Å². The molecule has 1 atom stereocenters. The van der Waals surface area contributed by atoms with Crippen LogP contribution >= 0.6 is 0 Å². The Balaban J connectivity index is 1.18. The van der Waals surface area contributed by atoms with Crippen molar-refractivity contribution in [3.8, 4) is 11.5 Å². The van der Waals surface area contributed by atoms with E-state index < -0.39 is 6.10 Å². The average molecular weight is 356 g/mol. The molecule has 2 N–H and O–H groups in total. The lowest BCUT2D eigenvalue weighted by Crippen LogP contribution is -2.56. The molecule has 1 heterocycles. The van der Waals surface area contributed by atoms with Gasteiger partial charge in [0.2, 0.25) is 12.0 Å². The van der Waals surface area contributed by atoms with Gasteiger partial charge in [-0.05, 0) is 67.9 Å². The summed E-state index contributed by atoms with van der Waals surface area (Å²) in [5.74, 6) is 3.44. The van der Waals surface area contributed by atoms with Gasteiger partial charge in [0.15, 0.2) is 11.5 Å². The van der Waals surface area contributed by atoms with Crippen LogP contribution in [0.2, 0.25) is 0 Å². The summed E-state index contributed by atoms with van der Waals surface area (Å²) in [4.78, 5) is 25.1. The second kappa shape index (κ2) is 6.18. The first-order valence-electron chi connectivity index (χ1n) is 9.65. The van der Waals surface area contributed by atoms with E-state index in [4.69, 9.17) is 9.47 Å². The van der Waals surface area contributed by atoms with Gasteiger partial charge in [-0.25, -0.2) is 0 Å². The zero-order valence-electron chi connectivity index (χ0n) is 14.6. The molecule has 138 valence electrons. The number of carbonyl (C=O) groups excluding carboxylic acids is 2. The van der Waals surface area contributed by atoms with Crippen molar-refractivity contribution in [2.75, 3.05) is 6.61 Å². The molecule has 6 rings (SSSR count). The number of para-hydroxylation sites is 2. The number of benzene rings is 1. The molecule has 0 saturated heterocycles. The van der Waals surface area contributed by atoms with E-state index in [9.17, 15) is 9.59 Å². The second-order valence-electron chi connectivity index (χ2n) is 8.30. The van der Waals surface area contributed by atoms with E-state index in [0.717, 1.165) is 11.8 Å². The molecule has 5 aliphatic rings. The van der Waals surface area contributed by atoms with Gasteiger partial charge in [0.05, 0.1) is 0 Å². The number of rotatable bonds is 2. The summed E-state index contributed by atoms with van der Waals surface area (Å²) in [5.41, 5.74) is 5.21. The number of hydrazine groups is 1. The fraction of sp³-hybridized carbons (Fsp3) is 0.600. The Hall–Kier alpha value is -2.24. The van der Waals surface area contributed by atoms with Crippen molar-refractivity contribution in [2.24, 2.45) is 29.6 Å². The fourth-order valence-corrected chi connectivity index (χ4v) is 5.79. The van der Waals surface area contributed by atoms with E-state index in [2.05, 4.69) is 10.9 Å². The average Bonchev–Trinajstić information content (AvgIpc) is 2.65. The standard InChI is InChI=1S/C20H24N2O4/c23-19(17-10-25-15-3-1-2-4-16(15)26-17)21-22-20(24)18-13-6-11-5-12(8-13)9-14(18)7-11/h1-4,11-14,17-18H,5-10H2,(H,21,23)(H,22,24). The molecule has 1 unspecified atom stereocenters. The summed E-state index contributed by atoms with van der Waals surface area (Å²) in [7, 11) is 0. The molecule has 26 heavy (non-hydrogen) atoms. The van der Waals surface area contributed by atoms with Crippen molar-refractivity contribution in [1.82, 2.24) is 10.9 Å². The first kappa shape index (κ1) is 16.0. The predicted octanol–water partition coefficient (Wildman–Crippen LogP) is 2.05. The Morgan fingerprint density at radius 3 is 2.15 bits per heavy atom. The van der Waals surface area contributed by atoms with E-state index in [1.165, 1.54) is 32.1 Å². The third-order valence-electron chi connectivity index (χ3n) is 6.64. The molecular formula is C20H24N2O4. The lowest BCUT2D eigenvalue weighted by molar-refractivity contribution is -0.143. The van der Waals surface area contributed by atoms with Crippen molar-refractivity contribution >= 4 is 11.8 Å². The Labute approximate surface area is 152 Å². The molecule has 1 aromatic carbocycles. The highest BCUT2D eigenvalue weighted by molar-refractivity contribution is 5.86. The van der Waals surface area contributed by atoms with Crippen LogP contribution in [0.3, 0.4) is 0 Å². The van der Waals surface area contributed by atoms with Crippen LogP contribution < -0.4 is 20.3 Å². The maximum absolute atomic E-state index is 12.7. The molecule has 0 radical (unpaired) electrons. The van der Waals surface area contributed by atoms with Crippen molar-refractivity contribution in [3.63, 3.8) is 0 Å².